The lowest BCUT2D eigenvalue weighted by atomic mass is 9.96. The third kappa shape index (κ3) is 4.00. The zero-order chi connectivity index (χ0) is 13.1. The molecule has 1 aliphatic heterocycles. The molecule has 0 saturated carbocycles. The van der Waals surface area contributed by atoms with Crippen LogP contribution in [-0.2, 0) is 14.3 Å². The summed E-state index contributed by atoms with van der Waals surface area (Å²) in [4.78, 5) is 24.2. The van der Waals surface area contributed by atoms with E-state index >= 15 is 0 Å². The van der Waals surface area contributed by atoms with Gasteiger partial charge < -0.3 is 14.7 Å². The number of carboxylic acids is 1. The first-order chi connectivity index (χ1) is 7.85. The number of methoxy groups -OCH3 is 1. The molecule has 5 heteroatoms. The topological polar surface area (TPSA) is 66.8 Å². The third-order valence-electron chi connectivity index (χ3n) is 3.39. The van der Waals surface area contributed by atoms with Crippen molar-refractivity contribution in [3.8, 4) is 0 Å². The summed E-state index contributed by atoms with van der Waals surface area (Å²) >= 11 is 0. The summed E-state index contributed by atoms with van der Waals surface area (Å²) in [5.74, 6) is -1.18. The molecule has 17 heavy (non-hydrogen) atoms. The third-order valence-corrected chi connectivity index (χ3v) is 3.39. The van der Waals surface area contributed by atoms with Gasteiger partial charge in [0.25, 0.3) is 0 Å². The number of aliphatic carboxylic acids is 1. The first kappa shape index (κ1) is 14.0. The molecule has 1 N–H and O–H groups in total. The predicted molar refractivity (Wildman–Crippen MR) is 62.6 cm³/mol. The number of carbonyl (C=O) groups excluding carboxylic acids is 1. The van der Waals surface area contributed by atoms with Gasteiger partial charge in [-0.25, -0.2) is 0 Å². The number of amides is 1. The number of likely N-dealkylation sites (tertiary alicyclic amines) is 1. The van der Waals surface area contributed by atoms with E-state index in [4.69, 9.17) is 9.84 Å². The molecule has 0 radical (unpaired) electrons. The molecule has 0 spiro atoms. The van der Waals surface area contributed by atoms with Crippen LogP contribution in [0.3, 0.4) is 0 Å². The summed E-state index contributed by atoms with van der Waals surface area (Å²) in [6.45, 7) is 4.80. The van der Waals surface area contributed by atoms with Crippen LogP contribution in [-0.4, -0.2) is 47.7 Å². The minimum atomic E-state index is -0.812. The Morgan fingerprint density at radius 1 is 1.59 bits per heavy atom. The summed E-state index contributed by atoms with van der Waals surface area (Å²) in [6, 6.07) is 0. The fourth-order valence-corrected chi connectivity index (χ4v) is 1.84. The highest BCUT2D eigenvalue weighted by atomic mass is 16.5. The van der Waals surface area contributed by atoms with Crippen LogP contribution in [0.5, 0.6) is 0 Å². The van der Waals surface area contributed by atoms with Gasteiger partial charge in [-0.1, -0.05) is 0 Å². The Kier molecular flexibility index (Phi) is 4.51. The number of rotatable bonds is 5. The second kappa shape index (κ2) is 5.49. The number of hydrogen-bond acceptors (Lipinski definition) is 3. The van der Waals surface area contributed by atoms with E-state index in [-0.39, 0.29) is 11.5 Å². The van der Waals surface area contributed by atoms with E-state index in [9.17, 15) is 9.59 Å². The van der Waals surface area contributed by atoms with Crippen molar-refractivity contribution in [2.45, 2.75) is 38.7 Å². The van der Waals surface area contributed by atoms with Gasteiger partial charge in [-0.3, -0.25) is 9.59 Å². The van der Waals surface area contributed by atoms with Crippen molar-refractivity contribution in [3.63, 3.8) is 0 Å². The standard InChI is InChI=1S/C12H21NO4/c1-12(2,17-3)6-7-13-8-9(11(15)16)4-5-10(13)14/h9H,4-8H2,1-3H3,(H,15,16). The van der Waals surface area contributed by atoms with Gasteiger partial charge in [-0.2, -0.15) is 0 Å². The van der Waals surface area contributed by atoms with Crippen LogP contribution in [0.25, 0.3) is 0 Å². The Morgan fingerprint density at radius 3 is 2.76 bits per heavy atom. The van der Waals surface area contributed by atoms with Crippen LogP contribution in [0.4, 0.5) is 0 Å². The van der Waals surface area contributed by atoms with Gasteiger partial charge in [0.1, 0.15) is 0 Å². The van der Waals surface area contributed by atoms with Gasteiger partial charge in [-0.05, 0) is 26.7 Å². The van der Waals surface area contributed by atoms with Gasteiger partial charge in [-0.15, -0.1) is 0 Å². The SMILES string of the molecule is COC(C)(C)CCN1CC(C(=O)O)CCC1=O. The van der Waals surface area contributed by atoms with E-state index in [1.54, 1.807) is 12.0 Å². The highest BCUT2D eigenvalue weighted by Crippen LogP contribution is 2.20. The zero-order valence-electron chi connectivity index (χ0n) is 10.7. The molecular weight excluding hydrogens is 222 g/mol. The van der Waals surface area contributed by atoms with E-state index in [0.717, 1.165) is 0 Å². The first-order valence-electron chi connectivity index (χ1n) is 5.91. The average molecular weight is 243 g/mol. The molecule has 0 bridgehead atoms. The number of carboxylic acid groups (broad SMARTS) is 1. The molecule has 0 aromatic heterocycles. The van der Waals surface area contributed by atoms with Gasteiger partial charge in [0.05, 0.1) is 11.5 Å². The summed E-state index contributed by atoms with van der Waals surface area (Å²) in [5.41, 5.74) is -0.281. The van der Waals surface area contributed by atoms with Crippen molar-refractivity contribution in [1.29, 1.82) is 0 Å². The molecule has 1 unspecified atom stereocenters. The van der Waals surface area contributed by atoms with Crippen molar-refractivity contribution in [2.24, 2.45) is 5.92 Å². The highest BCUT2D eigenvalue weighted by molar-refractivity contribution is 5.80. The molecule has 1 amide bonds. The van der Waals surface area contributed by atoms with Gasteiger partial charge in [0.2, 0.25) is 5.91 Å². The number of carbonyl (C=O) groups is 2. The van der Waals surface area contributed by atoms with Crippen molar-refractivity contribution in [3.05, 3.63) is 0 Å². The number of piperidine rings is 1. The van der Waals surface area contributed by atoms with Gasteiger partial charge in [0.15, 0.2) is 0 Å². The van der Waals surface area contributed by atoms with Gasteiger partial charge in [0, 0.05) is 26.6 Å². The molecule has 98 valence electrons. The fraction of sp³-hybridized carbons (Fsp3) is 0.833. The quantitative estimate of drug-likeness (QED) is 0.786. The minimum Gasteiger partial charge on any atom is -0.481 e. The molecule has 1 rings (SSSR count). The largest absolute Gasteiger partial charge is 0.481 e. The van der Waals surface area contributed by atoms with E-state index in [2.05, 4.69) is 0 Å². The van der Waals surface area contributed by atoms with E-state index in [1.165, 1.54) is 0 Å². The van der Waals surface area contributed by atoms with E-state index in [0.29, 0.717) is 32.4 Å². The Bertz CT molecular complexity index is 301. The second-order valence-electron chi connectivity index (χ2n) is 5.13. The lowest BCUT2D eigenvalue weighted by molar-refractivity contribution is -0.147. The first-order valence-corrected chi connectivity index (χ1v) is 5.91. The molecule has 1 saturated heterocycles. The smallest absolute Gasteiger partial charge is 0.308 e. The van der Waals surface area contributed by atoms with Crippen molar-refractivity contribution >= 4 is 11.9 Å². The second-order valence-corrected chi connectivity index (χ2v) is 5.13. The predicted octanol–water partition coefficient (Wildman–Crippen LogP) is 1.12. The van der Waals surface area contributed by atoms with Crippen LogP contribution < -0.4 is 0 Å². The Morgan fingerprint density at radius 2 is 2.24 bits per heavy atom. The molecule has 1 heterocycles. The van der Waals surface area contributed by atoms with Crippen LogP contribution in [0.1, 0.15) is 33.1 Å². The summed E-state index contributed by atoms with van der Waals surface area (Å²) < 4.78 is 5.28. The van der Waals surface area contributed by atoms with Gasteiger partial charge >= 0.3 is 5.97 Å². The number of hydrogen-bond donors (Lipinski definition) is 1. The highest BCUT2D eigenvalue weighted by Gasteiger charge is 2.30. The molecule has 1 fully saturated rings. The average Bonchev–Trinajstić information content (AvgIpc) is 2.27. The molecule has 0 aliphatic carbocycles. The fourth-order valence-electron chi connectivity index (χ4n) is 1.84. The summed E-state index contributed by atoms with van der Waals surface area (Å²) in [7, 11) is 1.64. The summed E-state index contributed by atoms with van der Waals surface area (Å²) in [6.07, 6.45) is 1.50. The molecule has 1 atom stereocenters. The normalized spacial score (nSPS) is 21.7. The maximum absolute atomic E-state index is 11.7. The number of ether oxygens (including phenoxy) is 1. The van der Waals surface area contributed by atoms with Crippen LogP contribution in [0.15, 0.2) is 0 Å². The molecule has 0 aromatic rings. The number of nitrogens with zero attached hydrogens (tertiary/aromatic N) is 1. The van der Waals surface area contributed by atoms with E-state index in [1.807, 2.05) is 13.8 Å². The van der Waals surface area contributed by atoms with Crippen molar-refractivity contribution in [2.75, 3.05) is 20.2 Å². The monoisotopic (exact) mass is 243 g/mol. The molecule has 5 nitrogen and oxygen atoms in total. The lowest BCUT2D eigenvalue weighted by Gasteiger charge is -2.33. The van der Waals surface area contributed by atoms with Crippen LogP contribution in [0.2, 0.25) is 0 Å². The molecule has 0 aromatic carbocycles. The maximum atomic E-state index is 11.7. The Labute approximate surface area is 102 Å². The van der Waals surface area contributed by atoms with E-state index < -0.39 is 11.9 Å². The lowest BCUT2D eigenvalue weighted by Crippen LogP contribution is -2.44. The maximum Gasteiger partial charge on any atom is 0.308 e. The Hall–Kier alpha value is -1.10. The molecule has 1 aliphatic rings. The summed E-state index contributed by atoms with van der Waals surface area (Å²) in [5, 5.41) is 8.95. The van der Waals surface area contributed by atoms with Crippen molar-refractivity contribution in [1.82, 2.24) is 4.90 Å². The Balaban J connectivity index is 2.51. The van der Waals surface area contributed by atoms with Crippen LogP contribution in [0, 0.1) is 5.92 Å². The van der Waals surface area contributed by atoms with Crippen molar-refractivity contribution < 1.29 is 19.4 Å². The zero-order valence-corrected chi connectivity index (χ0v) is 10.7. The molecular formula is C12H21NO4. The van der Waals surface area contributed by atoms with Crippen LogP contribution >= 0.6 is 0 Å². The minimum absolute atomic E-state index is 0.0504.